The lowest BCUT2D eigenvalue weighted by Gasteiger charge is -2.38. The molecule has 0 unspecified atom stereocenters. The number of nitrogens with one attached hydrogen (secondary N) is 1. The number of rotatable bonds is 2. The molecule has 2 aliphatic rings. The van der Waals surface area contributed by atoms with E-state index in [1.165, 1.54) is 11.3 Å². The van der Waals surface area contributed by atoms with Crippen molar-refractivity contribution < 1.29 is 8.78 Å². The molecule has 3 rings (SSSR count). The highest BCUT2D eigenvalue weighted by molar-refractivity contribution is 5.35. The van der Waals surface area contributed by atoms with Gasteiger partial charge < -0.3 is 5.73 Å². The molecule has 18 heavy (non-hydrogen) atoms. The minimum Gasteiger partial charge on any atom is -0.330 e. The van der Waals surface area contributed by atoms with Gasteiger partial charge in [0.25, 0.3) is 0 Å². The van der Waals surface area contributed by atoms with E-state index in [-0.39, 0.29) is 18.3 Å². The summed E-state index contributed by atoms with van der Waals surface area (Å²) in [6.07, 6.45) is 3.95. The van der Waals surface area contributed by atoms with E-state index >= 15 is 0 Å². The SMILES string of the molecule is NCC1(c2n[nH]c3c2CCC3)CCC(F)(F)CC1. The lowest BCUT2D eigenvalue weighted by molar-refractivity contribution is -0.0515. The highest BCUT2D eigenvalue weighted by Gasteiger charge is 2.46. The van der Waals surface area contributed by atoms with E-state index in [4.69, 9.17) is 5.73 Å². The van der Waals surface area contributed by atoms with Crippen LogP contribution in [0.3, 0.4) is 0 Å². The fourth-order valence-corrected chi connectivity index (χ4v) is 3.39. The summed E-state index contributed by atoms with van der Waals surface area (Å²) in [6, 6.07) is 0. The molecule has 0 spiro atoms. The molecule has 0 aromatic carbocycles. The van der Waals surface area contributed by atoms with E-state index in [0.717, 1.165) is 25.0 Å². The molecular weight excluding hydrogens is 236 g/mol. The highest BCUT2D eigenvalue weighted by Crippen LogP contribution is 2.46. The maximum atomic E-state index is 13.3. The maximum Gasteiger partial charge on any atom is 0.248 e. The molecule has 0 aliphatic heterocycles. The topological polar surface area (TPSA) is 54.7 Å². The monoisotopic (exact) mass is 255 g/mol. The van der Waals surface area contributed by atoms with Gasteiger partial charge in [0.05, 0.1) is 5.69 Å². The van der Waals surface area contributed by atoms with E-state index in [0.29, 0.717) is 19.4 Å². The quantitative estimate of drug-likeness (QED) is 0.852. The van der Waals surface area contributed by atoms with Crippen molar-refractivity contribution in [2.24, 2.45) is 5.73 Å². The Balaban J connectivity index is 1.92. The van der Waals surface area contributed by atoms with E-state index in [9.17, 15) is 8.78 Å². The Morgan fingerprint density at radius 2 is 1.89 bits per heavy atom. The number of nitrogens with two attached hydrogens (primary N) is 1. The summed E-state index contributed by atoms with van der Waals surface area (Å²) in [5, 5.41) is 7.47. The van der Waals surface area contributed by atoms with Crippen LogP contribution in [0.5, 0.6) is 0 Å². The number of alkyl halides is 2. The van der Waals surface area contributed by atoms with Gasteiger partial charge in [0.15, 0.2) is 0 Å². The van der Waals surface area contributed by atoms with Crippen LogP contribution in [0.4, 0.5) is 8.78 Å². The molecule has 1 aromatic heterocycles. The number of halogens is 2. The van der Waals surface area contributed by atoms with E-state index < -0.39 is 5.92 Å². The molecule has 3 N–H and O–H groups in total. The molecule has 0 radical (unpaired) electrons. The molecule has 1 heterocycles. The Kier molecular flexibility index (Phi) is 2.70. The van der Waals surface area contributed by atoms with Crippen molar-refractivity contribution in [1.29, 1.82) is 0 Å². The molecule has 1 fully saturated rings. The van der Waals surface area contributed by atoms with Crippen LogP contribution in [0.15, 0.2) is 0 Å². The maximum absolute atomic E-state index is 13.3. The highest BCUT2D eigenvalue weighted by atomic mass is 19.3. The summed E-state index contributed by atoms with van der Waals surface area (Å²) in [7, 11) is 0. The van der Waals surface area contributed by atoms with Crippen molar-refractivity contribution in [2.45, 2.75) is 56.3 Å². The molecule has 1 aromatic rings. The molecule has 3 nitrogen and oxygen atoms in total. The number of nitrogens with zero attached hydrogens (tertiary/aromatic N) is 1. The summed E-state index contributed by atoms with van der Waals surface area (Å²) < 4.78 is 26.7. The average molecular weight is 255 g/mol. The Bertz CT molecular complexity index is 443. The first-order valence-corrected chi connectivity index (χ1v) is 6.71. The lowest BCUT2D eigenvalue weighted by Crippen LogP contribution is -2.43. The largest absolute Gasteiger partial charge is 0.330 e. The molecule has 0 atom stereocenters. The number of aromatic nitrogens is 2. The second-order valence-electron chi connectivity index (χ2n) is 5.72. The summed E-state index contributed by atoms with van der Waals surface area (Å²) in [5.41, 5.74) is 9.01. The third-order valence-electron chi connectivity index (χ3n) is 4.64. The Labute approximate surface area is 105 Å². The van der Waals surface area contributed by atoms with Gasteiger partial charge in [-0.05, 0) is 37.7 Å². The van der Waals surface area contributed by atoms with Crippen LogP contribution >= 0.6 is 0 Å². The van der Waals surface area contributed by atoms with Crippen molar-refractivity contribution in [2.75, 3.05) is 6.54 Å². The normalized spacial score (nSPS) is 25.1. The number of hydrogen-bond acceptors (Lipinski definition) is 2. The first-order chi connectivity index (χ1) is 8.56. The average Bonchev–Trinajstić information content (AvgIpc) is 2.93. The zero-order valence-electron chi connectivity index (χ0n) is 10.4. The second-order valence-corrected chi connectivity index (χ2v) is 5.72. The van der Waals surface area contributed by atoms with Gasteiger partial charge in [-0.2, -0.15) is 5.10 Å². The van der Waals surface area contributed by atoms with Gasteiger partial charge in [0.1, 0.15) is 0 Å². The van der Waals surface area contributed by atoms with Crippen molar-refractivity contribution in [3.05, 3.63) is 17.0 Å². The van der Waals surface area contributed by atoms with Crippen LogP contribution in [0.1, 0.15) is 49.1 Å². The Morgan fingerprint density at radius 3 is 2.56 bits per heavy atom. The van der Waals surface area contributed by atoms with Crippen molar-refractivity contribution in [3.8, 4) is 0 Å². The second kappa shape index (κ2) is 4.02. The number of hydrogen-bond donors (Lipinski definition) is 2. The number of aryl methyl sites for hydroxylation is 1. The Morgan fingerprint density at radius 1 is 1.17 bits per heavy atom. The predicted molar refractivity (Wildman–Crippen MR) is 64.8 cm³/mol. The molecule has 2 aliphatic carbocycles. The van der Waals surface area contributed by atoms with Gasteiger partial charge >= 0.3 is 0 Å². The van der Waals surface area contributed by atoms with Gasteiger partial charge in [0.2, 0.25) is 5.92 Å². The number of fused-ring (bicyclic) bond motifs is 1. The number of H-pyrrole nitrogens is 1. The van der Waals surface area contributed by atoms with Crippen molar-refractivity contribution in [3.63, 3.8) is 0 Å². The summed E-state index contributed by atoms with van der Waals surface area (Å²) >= 11 is 0. The zero-order chi connectivity index (χ0) is 12.8. The van der Waals surface area contributed by atoms with Crippen molar-refractivity contribution >= 4 is 0 Å². The van der Waals surface area contributed by atoms with Crippen LogP contribution in [-0.4, -0.2) is 22.7 Å². The summed E-state index contributed by atoms with van der Waals surface area (Å²) in [4.78, 5) is 0. The molecule has 0 bridgehead atoms. The summed E-state index contributed by atoms with van der Waals surface area (Å²) in [5.74, 6) is -2.52. The third kappa shape index (κ3) is 1.76. The van der Waals surface area contributed by atoms with Gasteiger partial charge in [-0.15, -0.1) is 0 Å². The van der Waals surface area contributed by atoms with E-state index in [1.54, 1.807) is 0 Å². The molecule has 0 amide bonds. The molecule has 100 valence electrons. The van der Waals surface area contributed by atoms with Gasteiger partial charge in [0, 0.05) is 30.5 Å². The fraction of sp³-hybridized carbons (Fsp3) is 0.769. The number of aromatic amines is 1. The van der Waals surface area contributed by atoms with Gasteiger partial charge in [-0.25, -0.2) is 8.78 Å². The standard InChI is InChI=1S/C13H19F2N3/c14-13(15)6-4-12(8-16,5-7-13)11-9-2-1-3-10(9)17-18-11/h1-8,16H2,(H,17,18). The van der Waals surface area contributed by atoms with Crippen LogP contribution in [0.2, 0.25) is 0 Å². The smallest absolute Gasteiger partial charge is 0.248 e. The van der Waals surface area contributed by atoms with Crippen LogP contribution < -0.4 is 5.73 Å². The van der Waals surface area contributed by atoms with Gasteiger partial charge in [-0.1, -0.05) is 0 Å². The first kappa shape index (κ1) is 12.1. The first-order valence-electron chi connectivity index (χ1n) is 6.71. The molecular formula is C13H19F2N3. The lowest BCUT2D eigenvalue weighted by atomic mass is 9.69. The van der Waals surface area contributed by atoms with Crippen LogP contribution in [-0.2, 0) is 18.3 Å². The fourth-order valence-electron chi connectivity index (χ4n) is 3.39. The van der Waals surface area contributed by atoms with Crippen molar-refractivity contribution in [1.82, 2.24) is 10.2 Å². The van der Waals surface area contributed by atoms with E-state index in [2.05, 4.69) is 10.2 Å². The predicted octanol–water partition coefficient (Wildman–Crippen LogP) is 2.30. The molecule has 0 saturated heterocycles. The molecule has 1 saturated carbocycles. The zero-order valence-corrected chi connectivity index (χ0v) is 10.4. The van der Waals surface area contributed by atoms with Crippen LogP contribution in [0.25, 0.3) is 0 Å². The summed E-state index contributed by atoms with van der Waals surface area (Å²) in [6.45, 7) is 0.417. The van der Waals surface area contributed by atoms with Gasteiger partial charge in [-0.3, -0.25) is 5.10 Å². The minimum atomic E-state index is -2.52. The minimum absolute atomic E-state index is 0.0637. The Hall–Kier alpha value is -0.970. The molecule has 5 heteroatoms. The van der Waals surface area contributed by atoms with E-state index in [1.807, 2.05) is 0 Å². The third-order valence-corrected chi connectivity index (χ3v) is 4.64. The van der Waals surface area contributed by atoms with Crippen LogP contribution in [0, 0.1) is 0 Å².